The highest BCUT2D eigenvalue weighted by molar-refractivity contribution is 14.0. The summed E-state index contributed by atoms with van der Waals surface area (Å²) >= 11 is 0. The van der Waals surface area contributed by atoms with Crippen LogP contribution in [0.2, 0.25) is 0 Å². The first kappa shape index (κ1) is 27.1. The molecule has 1 aliphatic heterocycles. The molecule has 1 aromatic rings. The Morgan fingerprint density at radius 3 is 2.20 bits per heavy atom. The fraction of sp³-hybridized carbons (Fsp3) is 0.696. The molecule has 0 aromatic heterocycles. The van der Waals surface area contributed by atoms with Crippen molar-refractivity contribution in [2.24, 2.45) is 10.4 Å². The number of aliphatic imine (C=N–C) groups is 1. The van der Waals surface area contributed by atoms with E-state index in [0.717, 1.165) is 45.2 Å². The molecule has 1 aliphatic rings. The molecular formula is C23H42IN5O. The molecule has 7 heteroatoms. The third-order valence-corrected chi connectivity index (χ3v) is 5.80. The highest BCUT2D eigenvalue weighted by atomic mass is 127. The summed E-state index contributed by atoms with van der Waals surface area (Å²) in [5, 5.41) is 6.87. The van der Waals surface area contributed by atoms with Gasteiger partial charge in [0.15, 0.2) is 5.96 Å². The number of halogens is 1. The molecule has 0 radical (unpaired) electrons. The lowest BCUT2D eigenvalue weighted by atomic mass is 9.89. The number of hydrogen-bond acceptors (Lipinski definition) is 4. The van der Waals surface area contributed by atoms with Gasteiger partial charge in [0.1, 0.15) is 0 Å². The van der Waals surface area contributed by atoms with E-state index in [-0.39, 0.29) is 35.5 Å². The van der Waals surface area contributed by atoms with Crippen molar-refractivity contribution in [3.8, 4) is 0 Å². The number of nitrogens with one attached hydrogen (secondary N) is 2. The second-order valence-corrected chi connectivity index (χ2v) is 8.88. The van der Waals surface area contributed by atoms with Gasteiger partial charge in [-0.2, -0.15) is 0 Å². The normalized spacial score (nSPS) is 17.3. The van der Waals surface area contributed by atoms with E-state index in [2.05, 4.69) is 77.4 Å². The Morgan fingerprint density at radius 2 is 1.67 bits per heavy atom. The number of piperazine rings is 1. The number of methoxy groups -OCH3 is 1. The van der Waals surface area contributed by atoms with Crippen molar-refractivity contribution in [1.82, 2.24) is 20.4 Å². The van der Waals surface area contributed by atoms with Gasteiger partial charge in [0, 0.05) is 60.0 Å². The van der Waals surface area contributed by atoms with Gasteiger partial charge in [-0.05, 0) is 23.1 Å². The standard InChI is InChI=1S/C23H41N5O.HI/c1-7-27-12-14-28(15-13-27)18-20-11-9-8-10-19(20)16-25-22(24-5)26-17-21(29-6)23(2,3)4;/h8-11,21H,7,12-18H2,1-6H3,(H2,24,25,26);1H. The molecule has 2 rings (SSSR count). The van der Waals surface area contributed by atoms with Crippen LogP contribution in [0.15, 0.2) is 29.3 Å². The van der Waals surface area contributed by atoms with Gasteiger partial charge in [-0.3, -0.25) is 9.89 Å². The van der Waals surface area contributed by atoms with Gasteiger partial charge >= 0.3 is 0 Å². The molecule has 0 bridgehead atoms. The summed E-state index contributed by atoms with van der Waals surface area (Å²) in [6.45, 7) is 17.1. The highest BCUT2D eigenvalue weighted by Crippen LogP contribution is 2.21. The Balaban J connectivity index is 0.00000450. The van der Waals surface area contributed by atoms with E-state index in [1.165, 1.54) is 24.2 Å². The van der Waals surface area contributed by atoms with Gasteiger partial charge in [0.05, 0.1) is 6.10 Å². The molecule has 0 aliphatic carbocycles. The first-order chi connectivity index (χ1) is 13.9. The number of likely N-dealkylation sites (N-methyl/N-ethyl adjacent to an activating group) is 1. The Hall–Kier alpha value is -0.900. The molecule has 30 heavy (non-hydrogen) atoms. The second kappa shape index (κ2) is 13.5. The average molecular weight is 532 g/mol. The molecule has 0 amide bonds. The zero-order valence-corrected chi connectivity index (χ0v) is 22.0. The molecule has 0 spiro atoms. The predicted molar refractivity (Wildman–Crippen MR) is 138 cm³/mol. The SMILES string of the molecule is CCN1CCN(Cc2ccccc2CNC(=NC)NCC(OC)C(C)(C)C)CC1.I. The summed E-state index contributed by atoms with van der Waals surface area (Å²) in [7, 11) is 3.58. The minimum Gasteiger partial charge on any atom is -0.379 e. The smallest absolute Gasteiger partial charge is 0.191 e. The molecule has 1 aromatic carbocycles. The molecule has 172 valence electrons. The van der Waals surface area contributed by atoms with Crippen molar-refractivity contribution in [2.45, 2.75) is 46.9 Å². The van der Waals surface area contributed by atoms with Crippen LogP contribution in [0, 0.1) is 5.41 Å². The van der Waals surface area contributed by atoms with Crippen molar-refractivity contribution in [1.29, 1.82) is 0 Å². The second-order valence-electron chi connectivity index (χ2n) is 8.88. The Morgan fingerprint density at radius 1 is 1.07 bits per heavy atom. The fourth-order valence-corrected chi connectivity index (χ4v) is 3.72. The van der Waals surface area contributed by atoms with Crippen LogP contribution in [0.5, 0.6) is 0 Å². The van der Waals surface area contributed by atoms with Gasteiger partial charge in [-0.15, -0.1) is 24.0 Å². The van der Waals surface area contributed by atoms with Gasteiger partial charge in [0.2, 0.25) is 0 Å². The topological polar surface area (TPSA) is 52.1 Å². The van der Waals surface area contributed by atoms with Crippen molar-refractivity contribution in [3.63, 3.8) is 0 Å². The van der Waals surface area contributed by atoms with E-state index in [0.29, 0.717) is 0 Å². The third-order valence-electron chi connectivity index (χ3n) is 5.80. The zero-order valence-electron chi connectivity index (χ0n) is 19.7. The van der Waals surface area contributed by atoms with Crippen LogP contribution >= 0.6 is 24.0 Å². The molecule has 1 atom stereocenters. The molecule has 1 fully saturated rings. The summed E-state index contributed by atoms with van der Waals surface area (Å²) in [6, 6.07) is 8.72. The molecule has 2 N–H and O–H groups in total. The lowest BCUT2D eigenvalue weighted by Gasteiger charge is -2.34. The summed E-state index contributed by atoms with van der Waals surface area (Å²) < 4.78 is 5.64. The van der Waals surface area contributed by atoms with Crippen LogP contribution in [0.1, 0.15) is 38.8 Å². The van der Waals surface area contributed by atoms with E-state index in [1.54, 1.807) is 7.11 Å². The molecule has 0 saturated carbocycles. The summed E-state index contributed by atoms with van der Waals surface area (Å²) in [5.41, 5.74) is 2.80. The Bertz CT molecular complexity index is 639. The molecule has 1 heterocycles. The van der Waals surface area contributed by atoms with Crippen LogP contribution in [-0.4, -0.2) is 75.3 Å². The van der Waals surface area contributed by atoms with Crippen LogP contribution in [0.3, 0.4) is 0 Å². The fourth-order valence-electron chi connectivity index (χ4n) is 3.72. The number of benzene rings is 1. The lowest BCUT2D eigenvalue weighted by Crippen LogP contribution is -2.46. The highest BCUT2D eigenvalue weighted by Gasteiger charge is 2.24. The van der Waals surface area contributed by atoms with Gasteiger partial charge in [-0.1, -0.05) is 52.0 Å². The largest absolute Gasteiger partial charge is 0.379 e. The summed E-state index contributed by atoms with van der Waals surface area (Å²) in [6.07, 6.45) is 0.120. The number of guanidine groups is 1. The van der Waals surface area contributed by atoms with E-state index >= 15 is 0 Å². The first-order valence-electron chi connectivity index (χ1n) is 10.9. The number of nitrogens with zero attached hydrogens (tertiary/aromatic N) is 3. The van der Waals surface area contributed by atoms with Crippen molar-refractivity contribution in [2.75, 3.05) is 53.4 Å². The first-order valence-corrected chi connectivity index (χ1v) is 10.9. The van der Waals surface area contributed by atoms with E-state index in [1.807, 2.05) is 7.05 Å². The number of hydrogen-bond donors (Lipinski definition) is 2. The van der Waals surface area contributed by atoms with Gasteiger partial charge < -0.3 is 20.3 Å². The Labute approximate surface area is 200 Å². The average Bonchev–Trinajstić information content (AvgIpc) is 2.71. The van der Waals surface area contributed by atoms with E-state index in [9.17, 15) is 0 Å². The van der Waals surface area contributed by atoms with E-state index in [4.69, 9.17) is 4.74 Å². The maximum atomic E-state index is 5.64. The van der Waals surface area contributed by atoms with Crippen molar-refractivity contribution in [3.05, 3.63) is 35.4 Å². The monoisotopic (exact) mass is 531 g/mol. The minimum atomic E-state index is 0. The molecule has 6 nitrogen and oxygen atoms in total. The quantitative estimate of drug-likeness (QED) is 0.307. The lowest BCUT2D eigenvalue weighted by molar-refractivity contribution is 0.0205. The summed E-state index contributed by atoms with van der Waals surface area (Å²) in [5.74, 6) is 0.808. The van der Waals surface area contributed by atoms with Crippen LogP contribution in [0.4, 0.5) is 0 Å². The molecular weight excluding hydrogens is 489 g/mol. The maximum absolute atomic E-state index is 5.64. The maximum Gasteiger partial charge on any atom is 0.191 e. The third kappa shape index (κ3) is 8.69. The zero-order chi connectivity index (χ0) is 21.3. The predicted octanol–water partition coefficient (Wildman–Crippen LogP) is 3.17. The molecule has 1 saturated heterocycles. The van der Waals surface area contributed by atoms with Crippen molar-refractivity contribution < 1.29 is 4.74 Å². The molecule has 1 unspecified atom stereocenters. The number of ether oxygens (including phenoxy) is 1. The van der Waals surface area contributed by atoms with Crippen LogP contribution in [-0.2, 0) is 17.8 Å². The minimum absolute atomic E-state index is 0. The van der Waals surface area contributed by atoms with Crippen LogP contribution in [0.25, 0.3) is 0 Å². The van der Waals surface area contributed by atoms with Gasteiger partial charge in [0.25, 0.3) is 0 Å². The van der Waals surface area contributed by atoms with Crippen LogP contribution < -0.4 is 10.6 Å². The Kier molecular flexibility index (Phi) is 12.2. The summed E-state index contributed by atoms with van der Waals surface area (Å²) in [4.78, 5) is 9.46. The number of rotatable bonds is 8. The van der Waals surface area contributed by atoms with Gasteiger partial charge in [-0.25, -0.2) is 0 Å². The van der Waals surface area contributed by atoms with Crippen molar-refractivity contribution >= 4 is 29.9 Å². The van der Waals surface area contributed by atoms with E-state index < -0.39 is 0 Å².